The second kappa shape index (κ2) is 4.96. The van der Waals surface area contributed by atoms with Crippen molar-refractivity contribution in [3.63, 3.8) is 0 Å². The quantitative estimate of drug-likeness (QED) is 0.816. The Hall–Kier alpha value is -1.67. The molecule has 2 aromatic carbocycles. The molecule has 0 saturated heterocycles. The maximum Gasteiger partial charge on any atom is 0.123 e. The summed E-state index contributed by atoms with van der Waals surface area (Å²) in [6.07, 6.45) is 5.31. The highest BCUT2D eigenvalue weighted by atomic mass is 19.1. The van der Waals surface area contributed by atoms with Crippen LogP contribution in [0.5, 0.6) is 0 Å². The fourth-order valence-electron chi connectivity index (χ4n) is 4.11. The van der Waals surface area contributed by atoms with E-state index in [1.54, 1.807) is 5.56 Å². The average Bonchev–Trinajstić information content (AvgIpc) is 2.97. The smallest absolute Gasteiger partial charge is 0.123 e. The zero-order chi connectivity index (χ0) is 14.3. The largest absolute Gasteiger partial charge is 0.312 e. The fraction of sp³-hybridized carbons (Fsp3) is 0.368. The van der Waals surface area contributed by atoms with E-state index in [-0.39, 0.29) is 5.82 Å². The molecule has 1 aliphatic carbocycles. The highest BCUT2D eigenvalue weighted by Crippen LogP contribution is 2.44. The Morgan fingerprint density at radius 1 is 0.905 bits per heavy atom. The maximum absolute atomic E-state index is 13.1. The van der Waals surface area contributed by atoms with E-state index in [4.69, 9.17) is 0 Å². The molecule has 0 aromatic heterocycles. The second-order valence-corrected chi connectivity index (χ2v) is 6.47. The van der Waals surface area contributed by atoms with Gasteiger partial charge in [0.05, 0.1) is 0 Å². The van der Waals surface area contributed by atoms with Crippen LogP contribution in [0.25, 0.3) is 11.1 Å². The van der Waals surface area contributed by atoms with Gasteiger partial charge < -0.3 is 5.32 Å². The van der Waals surface area contributed by atoms with Crippen molar-refractivity contribution in [2.45, 2.75) is 37.6 Å². The molecule has 108 valence electrons. The van der Waals surface area contributed by atoms with Gasteiger partial charge in [0.1, 0.15) is 5.82 Å². The van der Waals surface area contributed by atoms with Gasteiger partial charge in [-0.15, -0.1) is 0 Å². The number of hydrogen-bond acceptors (Lipinski definition) is 1. The third kappa shape index (κ3) is 2.18. The van der Waals surface area contributed by atoms with Crippen molar-refractivity contribution < 1.29 is 4.39 Å². The molecule has 0 bridgehead atoms. The molecule has 1 heterocycles. The summed E-state index contributed by atoms with van der Waals surface area (Å²) < 4.78 is 13.1. The summed E-state index contributed by atoms with van der Waals surface area (Å²) in [6.45, 7) is 2.07. The molecule has 0 unspecified atom stereocenters. The number of benzene rings is 2. The molecule has 1 fully saturated rings. The summed E-state index contributed by atoms with van der Waals surface area (Å²) in [5, 5.41) is 3.60. The van der Waals surface area contributed by atoms with Gasteiger partial charge in [0, 0.05) is 18.5 Å². The summed E-state index contributed by atoms with van der Waals surface area (Å²) >= 11 is 0. The Labute approximate surface area is 125 Å². The fourth-order valence-corrected chi connectivity index (χ4v) is 4.11. The molecule has 2 aromatic rings. The van der Waals surface area contributed by atoms with Crippen LogP contribution in [0, 0.1) is 5.82 Å². The van der Waals surface area contributed by atoms with E-state index in [0.29, 0.717) is 5.41 Å². The lowest BCUT2D eigenvalue weighted by Crippen LogP contribution is -2.41. The molecule has 4 rings (SSSR count). The van der Waals surface area contributed by atoms with E-state index in [9.17, 15) is 4.39 Å². The standard InChI is InChI=1S/C19H20FN/c20-17-6-3-14(4-7-17)15-5-8-18-16(11-15)12-21-13-19(18)9-1-2-10-19/h3-8,11,21H,1-2,9-10,12-13H2. The highest BCUT2D eigenvalue weighted by Gasteiger charge is 2.38. The first-order valence-corrected chi connectivity index (χ1v) is 7.87. The van der Waals surface area contributed by atoms with Crippen molar-refractivity contribution in [2.24, 2.45) is 0 Å². The minimum atomic E-state index is -0.178. The Bertz CT molecular complexity index is 654. The van der Waals surface area contributed by atoms with Crippen LogP contribution in [-0.2, 0) is 12.0 Å². The van der Waals surface area contributed by atoms with Crippen LogP contribution < -0.4 is 5.32 Å². The number of nitrogens with one attached hydrogen (secondary N) is 1. The van der Waals surface area contributed by atoms with Crippen LogP contribution in [0.1, 0.15) is 36.8 Å². The molecular formula is C19H20FN. The van der Waals surface area contributed by atoms with Crippen molar-refractivity contribution in [2.75, 3.05) is 6.54 Å². The van der Waals surface area contributed by atoms with Crippen molar-refractivity contribution in [1.29, 1.82) is 0 Å². The van der Waals surface area contributed by atoms with Gasteiger partial charge in [0.15, 0.2) is 0 Å². The van der Waals surface area contributed by atoms with Gasteiger partial charge in [0.25, 0.3) is 0 Å². The molecule has 0 amide bonds. The number of rotatable bonds is 1. The van der Waals surface area contributed by atoms with E-state index < -0.39 is 0 Å². The monoisotopic (exact) mass is 281 g/mol. The molecule has 2 heteroatoms. The molecular weight excluding hydrogens is 261 g/mol. The normalized spacial score (nSPS) is 19.7. The summed E-state index contributed by atoms with van der Waals surface area (Å²) in [6, 6.07) is 13.6. The Balaban J connectivity index is 1.76. The predicted molar refractivity (Wildman–Crippen MR) is 83.7 cm³/mol. The van der Waals surface area contributed by atoms with Gasteiger partial charge in [-0.05, 0) is 53.3 Å². The first-order valence-electron chi connectivity index (χ1n) is 7.87. The Kier molecular flexibility index (Phi) is 3.07. The summed E-state index contributed by atoms with van der Waals surface area (Å²) in [7, 11) is 0. The van der Waals surface area contributed by atoms with E-state index >= 15 is 0 Å². The van der Waals surface area contributed by atoms with E-state index in [1.165, 1.54) is 48.9 Å². The van der Waals surface area contributed by atoms with Gasteiger partial charge >= 0.3 is 0 Å². The van der Waals surface area contributed by atoms with Gasteiger partial charge in [-0.1, -0.05) is 37.1 Å². The van der Waals surface area contributed by atoms with E-state index in [1.807, 2.05) is 12.1 Å². The van der Waals surface area contributed by atoms with Gasteiger partial charge in [0.2, 0.25) is 0 Å². The number of halogens is 1. The van der Waals surface area contributed by atoms with E-state index in [0.717, 1.165) is 18.7 Å². The van der Waals surface area contributed by atoms with Crippen LogP contribution in [0.15, 0.2) is 42.5 Å². The molecule has 1 spiro atoms. The molecule has 2 aliphatic rings. The van der Waals surface area contributed by atoms with Gasteiger partial charge in [-0.25, -0.2) is 4.39 Å². The minimum Gasteiger partial charge on any atom is -0.312 e. The average molecular weight is 281 g/mol. The molecule has 0 radical (unpaired) electrons. The van der Waals surface area contributed by atoms with Gasteiger partial charge in [-0.3, -0.25) is 0 Å². The topological polar surface area (TPSA) is 12.0 Å². The zero-order valence-corrected chi connectivity index (χ0v) is 12.2. The van der Waals surface area contributed by atoms with Gasteiger partial charge in [-0.2, -0.15) is 0 Å². The third-order valence-electron chi connectivity index (χ3n) is 5.19. The van der Waals surface area contributed by atoms with Crippen LogP contribution in [0.2, 0.25) is 0 Å². The first kappa shape index (κ1) is 13.0. The lowest BCUT2D eigenvalue weighted by Gasteiger charge is -2.36. The molecule has 21 heavy (non-hydrogen) atoms. The summed E-state index contributed by atoms with van der Waals surface area (Å²) in [5.41, 5.74) is 5.61. The Morgan fingerprint density at radius 2 is 1.62 bits per heavy atom. The molecule has 1 nitrogen and oxygen atoms in total. The zero-order valence-electron chi connectivity index (χ0n) is 12.2. The molecule has 1 saturated carbocycles. The predicted octanol–water partition coefficient (Wildman–Crippen LogP) is 4.41. The van der Waals surface area contributed by atoms with Crippen LogP contribution >= 0.6 is 0 Å². The summed E-state index contributed by atoms with van der Waals surface area (Å²) in [4.78, 5) is 0. The van der Waals surface area contributed by atoms with E-state index in [2.05, 4.69) is 23.5 Å². The van der Waals surface area contributed by atoms with Crippen molar-refractivity contribution in [3.8, 4) is 11.1 Å². The first-order chi connectivity index (χ1) is 10.3. The number of hydrogen-bond donors (Lipinski definition) is 1. The van der Waals surface area contributed by atoms with Crippen molar-refractivity contribution in [1.82, 2.24) is 5.32 Å². The van der Waals surface area contributed by atoms with Crippen LogP contribution in [-0.4, -0.2) is 6.54 Å². The van der Waals surface area contributed by atoms with Crippen LogP contribution in [0.3, 0.4) is 0 Å². The second-order valence-electron chi connectivity index (χ2n) is 6.47. The third-order valence-corrected chi connectivity index (χ3v) is 5.19. The Morgan fingerprint density at radius 3 is 2.38 bits per heavy atom. The van der Waals surface area contributed by atoms with Crippen molar-refractivity contribution in [3.05, 3.63) is 59.4 Å². The minimum absolute atomic E-state index is 0.178. The lowest BCUT2D eigenvalue weighted by atomic mass is 9.74. The molecule has 1 aliphatic heterocycles. The SMILES string of the molecule is Fc1ccc(-c2ccc3c(c2)CNCC32CCCC2)cc1. The van der Waals surface area contributed by atoms with Crippen molar-refractivity contribution >= 4 is 0 Å². The maximum atomic E-state index is 13.1. The van der Waals surface area contributed by atoms with Crippen LogP contribution in [0.4, 0.5) is 4.39 Å². The summed E-state index contributed by atoms with van der Waals surface area (Å²) in [5.74, 6) is -0.178. The lowest BCUT2D eigenvalue weighted by molar-refractivity contribution is 0.377. The number of fused-ring (bicyclic) bond motifs is 2. The molecule has 0 atom stereocenters. The highest BCUT2D eigenvalue weighted by molar-refractivity contribution is 5.65. The molecule has 1 N–H and O–H groups in total.